The first-order valence-electron chi connectivity index (χ1n) is 9.48. The molecule has 4 aromatic rings. The van der Waals surface area contributed by atoms with E-state index in [4.69, 9.17) is 4.74 Å². The zero-order chi connectivity index (χ0) is 20.1. The summed E-state index contributed by atoms with van der Waals surface area (Å²) < 4.78 is 5.72. The lowest BCUT2D eigenvalue weighted by molar-refractivity contribution is 0.0948. The van der Waals surface area contributed by atoms with Gasteiger partial charge in [-0.05, 0) is 48.9 Å². The van der Waals surface area contributed by atoms with Crippen molar-refractivity contribution in [3.05, 3.63) is 90.3 Å². The van der Waals surface area contributed by atoms with E-state index >= 15 is 0 Å². The molecule has 0 bridgehead atoms. The maximum atomic E-state index is 12.9. The van der Waals surface area contributed by atoms with Gasteiger partial charge < -0.3 is 10.1 Å². The Morgan fingerprint density at radius 2 is 1.93 bits per heavy atom. The van der Waals surface area contributed by atoms with E-state index in [-0.39, 0.29) is 5.91 Å². The van der Waals surface area contributed by atoms with Gasteiger partial charge in [-0.1, -0.05) is 30.3 Å². The number of amides is 1. The minimum Gasteiger partial charge on any atom is -0.492 e. The lowest BCUT2D eigenvalue weighted by atomic mass is 10.0. The number of pyridine rings is 2. The van der Waals surface area contributed by atoms with Crippen LogP contribution in [0, 0.1) is 6.92 Å². The van der Waals surface area contributed by atoms with Crippen molar-refractivity contribution in [2.75, 3.05) is 13.2 Å². The highest BCUT2D eigenvalue weighted by Crippen LogP contribution is 2.24. The predicted octanol–water partition coefficient (Wildman–Crippen LogP) is 4.41. The van der Waals surface area contributed by atoms with Crippen LogP contribution >= 0.6 is 0 Å². The van der Waals surface area contributed by atoms with Crippen LogP contribution in [0.5, 0.6) is 5.75 Å². The van der Waals surface area contributed by atoms with Crippen LogP contribution in [0.1, 0.15) is 15.9 Å². The summed E-state index contributed by atoms with van der Waals surface area (Å²) in [6, 6.07) is 21.1. The molecule has 0 aliphatic rings. The van der Waals surface area contributed by atoms with Gasteiger partial charge in [-0.25, -0.2) is 4.98 Å². The normalized spacial score (nSPS) is 10.7. The fourth-order valence-electron chi connectivity index (χ4n) is 3.16. The Morgan fingerprint density at radius 1 is 1.03 bits per heavy atom. The van der Waals surface area contributed by atoms with Crippen LogP contribution < -0.4 is 10.1 Å². The molecule has 5 nitrogen and oxygen atoms in total. The predicted molar refractivity (Wildman–Crippen MR) is 114 cm³/mol. The molecule has 0 aliphatic carbocycles. The monoisotopic (exact) mass is 383 g/mol. The molecule has 5 heteroatoms. The molecule has 2 heterocycles. The minimum atomic E-state index is -0.151. The van der Waals surface area contributed by atoms with Gasteiger partial charge in [-0.3, -0.25) is 9.78 Å². The number of nitrogens with zero attached hydrogens (tertiary/aromatic N) is 2. The second-order valence-electron chi connectivity index (χ2n) is 6.73. The molecule has 2 aromatic heterocycles. The number of carbonyl (C=O) groups is 1. The van der Waals surface area contributed by atoms with Crippen LogP contribution in [0.2, 0.25) is 0 Å². The number of hydrogen-bond acceptors (Lipinski definition) is 4. The summed E-state index contributed by atoms with van der Waals surface area (Å²) in [5, 5.41) is 3.76. The van der Waals surface area contributed by atoms with Crippen molar-refractivity contribution < 1.29 is 9.53 Å². The van der Waals surface area contributed by atoms with Gasteiger partial charge in [-0.2, -0.15) is 0 Å². The van der Waals surface area contributed by atoms with Crippen LogP contribution in [0.4, 0.5) is 0 Å². The largest absolute Gasteiger partial charge is 0.492 e. The molecule has 1 amide bonds. The summed E-state index contributed by atoms with van der Waals surface area (Å²) in [6.45, 7) is 2.82. The van der Waals surface area contributed by atoms with Gasteiger partial charge >= 0.3 is 0 Å². The summed E-state index contributed by atoms with van der Waals surface area (Å²) in [5.41, 5.74) is 4.09. The lowest BCUT2D eigenvalue weighted by Gasteiger charge is -2.11. The van der Waals surface area contributed by atoms with Crippen LogP contribution in [-0.2, 0) is 0 Å². The molecular formula is C24H21N3O2. The van der Waals surface area contributed by atoms with E-state index in [2.05, 4.69) is 15.3 Å². The Bertz CT molecular complexity index is 1140. The van der Waals surface area contributed by atoms with Crippen molar-refractivity contribution in [3.8, 4) is 17.0 Å². The van der Waals surface area contributed by atoms with Crippen molar-refractivity contribution in [1.82, 2.24) is 15.3 Å². The van der Waals surface area contributed by atoms with Gasteiger partial charge in [0, 0.05) is 23.3 Å². The Morgan fingerprint density at radius 3 is 2.76 bits per heavy atom. The Kier molecular flexibility index (Phi) is 5.47. The number of aromatic nitrogens is 2. The fraction of sp³-hybridized carbons (Fsp3) is 0.125. The third-order valence-electron chi connectivity index (χ3n) is 4.56. The van der Waals surface area contributed by atoms with E-state index < -0.39 is 0 Å². The molecule has 29 heavy (non-hydrogen) atoms. The van der Waals surface area contributed by atoms with Gasteiger partial charge in [0.05, 0.1) is 23.3 Å². The SMILES string of the molecule is Cc1cccc(OCCNC(=O)c2cc(-c3cccnc3)nc3ccccc23)c1. The standard InChI is InChI=1S/C24H21N3O2/c1-17-6-4-8-19(14-17)29-13-12-26-24(28)21-15-23(18-7-5-11-25-16-18)27-22-10-3-2-9-20(21)22/h2-11,14-16H,12-13H2,1H3,(H,26,28). The van der Waals surface area contributed by atoms with Gasteiger partial charge in [0.2, 0.25) is 0 Å². The van der Waals surface area contributed by atoms with Crippen LogP contribution in [0.15, 0.2) is 79.1 Å². The van der Waals surface area contributed by atoms with Gasteiger partial charge in [0.25, 0.3) is 5.91 Å². The van der Waals surface area contributed by atoms with Crippen LogP contribution in [-0.4, -0.2) is 29.0 Å². The second-order valence-corrected chi connectivity index (χ2v) is 6.73. The molecule has 0 fully saturated rings. The van der Waals surface area contributed by atoms with Crippen molar-refractivity contribution in [2.24, 2.45) is 0 Å². The van der Waals surface area contributed by atoms with E-state index in [0.29, 0.717) is 18.7 Å². The van der Waals surface area contributed by atoms with Crippen LogP contribution in [0.25, 0.3) is 22.2 Å². The Hall–Kier alpha value is -3.73. The second kappa shape index (κ2) is 8.52. The molecular weight excluding hydrogens is 362 g/mol. The van der Waals surface area contributed by atoms with Gasteiger partial charge in [0.1, 0.15) is 12.4 Å². The first kappa shape index (κ1) is 18.6. The van der Waals surface area contributed by atoms with Gasteiger partial charge in [-0.15, -0.1) is 0 Å². The minimum absolute atomic E-state index is 0.151. The van der Waals surface area contributed by atoms with E-state index in [1.807, 2.05) is 73.7 Å². The molecule has 0 radical (unpaired) electrons. The van der Waals surface area contributed by atoms with Crippen molar-refractivity contribution in [3.63, 3.8) is 0 Å². The van der Waals surface area contributed by atoms with E-state index in [1.165, 1.54) is 0 Å². The number of ether oxygens (including phenoxy) is 1. The van der Waals surface area contributed by atoms with Crippen molar-refractivity contribution >= 4 is 16.8 Å². The molecule has 0 saturated heterocycles. The molecule has 4 rings (SSSR count). The van der Waals surface area contributed by atoms with Crippen molar-refractivity contribution in [2.45, 2.75) is 6.92 Å². The summed E-state index contributed by atoms with van der Waals surface area (Å²) in [6.07, 6.45) is 3.46. The summed E-state index contributed by atoms with van der Waals surface area (Å²) >= 11 is 0. The summed E-state index contributed by atoms with van der Waals surface area (Å²) in [4.78, 5) is 21.7. The van der Waals surface area contributed by atoms with Crippen LogP contribution in [0.3, 0.4) is 0 Å². The number of fused-ring (bicyclic) bond motifs is 1. The average Bonchev–Trinajstić information content (AvgIpc) is 2.76. The molecule has 0 atom stereocenters. The van der Waals surface area contributed by atoms with E-state index in [0.717, 1.165) is 33.5 Å². The third-order valence-corrected chi connectivity index (χ3v) is 4.56. The first-order chi connectivity index (χ1) is 14.2. The number of nitrogens with one attached hydrogen (secondary N) is 1. The zero-order valence-electron chi connectivity index (χ0n) is 16.1. The molecule has 0 saturated carbocycles. The molecule has 144 valence electrons. The van der Waals surface area contributed by atoms with E-state index in [1.54, 1.807) is 12.4 Å². The fourth-order valence-corrected chi connectivity index (χ4v) is 3.16. The molecule has 2 aromatic carbocycles. The number of hydrogen-bond donors (Lipinski definition) is 1. The molecule has 0 aliphatic heterocycles. The number of carbonyl (C=O) groups excluding carboxylic acids is 1. The first-order valence-corrected chi connectivity index (χ1v) is 9.48. The maximum absolute atomic E-state index is 12.9. The topological polar surface area (TPSA) is 64.1 Å². The molecule has 1 N–H and O–H groups in total. The Balaban J connectivity index is 1.52. The smallest absolute Gasteiger partial charge is 0.252 e. The maximum Gasteiger partial charge on any atom is 0.252 e. The lowest BCUT2D eigenvalue weighted by Crippen LogP contribution is -2.28. The highest BCUT2D eigenvalue weighted by molar-refractivity contribution is 6.07. The average molecular weight is 383 g/mol. The number of rotatable bonds is 6. The van der Waals surface area contributed by atoms with E-state index in [9.17, 15) is 4.79 Å². The zero-order valence-corrected chi connectivity index (χ0v) is 16.1. The molecule has 0 spiro atoms. The number of para-hydroxylation sites is 1. The number of aryl methyl sites for hydroxylation is 1. The summed E-state index contributed by atoms with van der Waals surface area (Å²) in [5.74, 6) is 0.647. The molecule has 0 unspecified atom stereocenters. The quantitative estimate of drug-likeness (QED) is 0.501. The van der Waals surface area contributed by atoms with Crippen molar-refractivity contribution in [1.29, 1.82) is 0 Å². The number of benzene rings is 2. The third kappa shape index (κ3) is 4.41. The Labute approximate surface area is 169 Å². The highest BCUT2D eigenvalue weighted by atomic mass is 16.5. The highest BCUT2D eigenvalue weighted by Gasteiger charge is 2.13. The summed E-state index contributed by atoms with van der Waals surface area (Å²) in [7, 11) is 0. The van der Waals surface area contributed by atoms with Gasteiger partial charge in [0.15, 0.2) is 0 Å².